The molecule has 4 nitrogen and oxygen atoms in total. The molecule has 7 heteroatoms. The van der Waals surface area contributed by atoms with Gasteiger partial charge in [-0.25, -0.2) is 4.39 Å². The molecule has 0 radical (unpaired) electrons. The Hall–Kier alpha value is -2.44. The molecule has 0 bridgehead atoms. The van der Waals surface area contributed by atoms with Gasteiger partial charge in [-0.1, -0.05) is 0 Å². The van der Waals surface area contributed by atoms with Crippen molar-refractivity contribution >= 4 is 5.69 Å². The number of alkyl halides is 2. The van der Waals surface area contributed by atoms with Gasteiger partial charge in [-0.2, -0.15) is 0 Å². The molecule has 2 aromatic rings. The van der Waals surface area contributed by atoms with Crippen LogP contribution in [0.5, 0.6) is 11.5 Å². The van der Waals surface area contributed by atoms with Crippen molar-refractivity contribution in [2.45, 2.75) is 12.8 Å². The first-order valence-corrected chi connectivity index (χ1v) is 5.75. The SMILES string of the molecule is Fc1cncc(CNc2ccc3c(c2)OC(F)(F)O3)c1. The van der Waals surface area contributed by atoms with Gasteiger partial charge in [-0.05, 0) is 23.8 Å². The minimum absolute atomic E-state index is 0.0204. The lowest BCUT2D eigenvalue weighted by atomic mass is 10.2. The third-order valence-corrected chi connectivity index (χ3v) is 2.66. The largest absolute Gasteiger partial charge is 0.586 e. The molecule has 2 heterocycles. The minimum Gasteiger partial charge on any atom is -0.395 e. The summed E-state index contributed by atoms with van der Waals surface area (Å²) in [5.41, 5.74) is 1.18. The van der Waals surface area contributed by atoms with Gasteiger partial charge < -0.3 is 14.8 Å². The zero-order chi connectivity index (χ0) is 14.2. The van der Waals surface area contributed by atoms with Crippen molar-refractivity contribution in [3.8, 4) is 11.5 Å². The van der Waals surface area contributed by atoms with Crippen LogP contribution >= 0.6 is 0 Å². The Labute approximate surface area is 112 Å². The Morgan fingerprint density at radius 2 is 1.90 bits per heavy atom. The molecule has 1 aromatic carbocycles. The fourth-order valence-corrected chi connectivity index (χ4v) is 1.82. The first kappa shape index (κ1) is 12.6. The number of nitrogens with one attached hydrogen (secondary N) is 1. The van der Waals surface area contributed by atoms with Crippen LogP contribution in [0.4, 0.5) is 18.9 Å². The first-order valence-electron chi connectivity index (χ1n) is 5.75. The smallest absolute Gasteiger partial charge is 0.395 e. The second-order valence-electron chi connectivity index (χ2n) is 4.19. The molecule has 0 saturated heterocycles. The van der Waals surface area contributed by atoms with Crippen LogP contribution in [-0.2, 0) is 6.54 Å². The van der Waals surface area contributed by atoms with Gasteiger partial charge in [0.15, 0.2) is 11.5 Å². The number of aromatic nitrogens is 1. The summed E-state index contributed by atoms with van der Waals surface area (Å²) in [4.78, 5) is 3.71. The molecule has 0 fully saturated rings. The molecule has 0 spiro atoms. The standard InChI is InChI=1S/C13H9F3N2O2/c14-9-3-8(5-17-7-9)6-18-10-1-2-11-12(4-10)20-13(15,16)19-11/h1-5,7,18H,6H2. The monoisotopic (exact) mass is 282 g/mol. The van der Waals surface area contributed by atoms with Gasteiger partial charge in [0, 0.05) is 24.5 Å². The second-order valence-corrected chi connectivity index (χ2v) is 4.19. The van der Waals surface area contributed by atoms with Crippen LogP contribution in [0.1, 0.15) is 5.56 Å². The van der Waals surface area contributed by atoms with E-state index in [2.05, 4.69) is 19.8 Å². The summed E-state index contributed by atoms with van der Waals surface area (Å²) in [6.45, 7) is 0.306. The maximum absolute atomic E-state index is 12.9. The normalized spacial score (nSPS) is 15.2. The van der Waals surface area contributed by atoms with Crippen molar-refractivity contribution in [2.24, 2.45) is 0 Å². The molecule has 1 aromatic heterocycles. The van der Waals surface area contributed by atoms with E-state index in [1.54, 1.807) is 6.07 Å². The third-order valence-electron chi connectivity index (χ3n) is 2.66. The van der Waals surface area contributed by atoms with E-state index in [0.717, 1.165) is 6.20 Å². The van der Waals surface area contributed by atoms with E-state index in [9.17, 15) is 13.2 Å². The molecule has 0 aliphatic carbocycles. The lowest BCUT2D eigenvalue weighted by Crippen LogP contribution is -2.25. The van der Waals surface area contributed by atoms with E-state index in [4.69, 9.17) is 0 Å². The summed E-state index contributed by atoms with van der Waals surface area (Å²) in [5.74, 6) is -0.500. The van der Waals surface area contributed by atoms with Crippen molar-refractivity contribution in [2.75, 3.05) is 5.32 Å². The summed E-state index contributed by atoms with van der Waals surface area (Å²) in [6, 6.07) is 5.67. The van der Waals surface area contributed by atoms with Crippen LogP contribution in [0.2, 0.25) is 0 Å². The van der Waals surface area contributed by atoms with Gasteiger partial charge in [0.25, 0.3) is 0 Å². The fraction of sp³-hybridized carbons (Fsp3) is 0.154. The van der Waals surface area contributed by atoms with E-state index in [0.29, 0.717) is 17.8 Å². The fourth-order valence-electron chi connectivity index (χ4n) is 1.82. The Morgan fingerprint density at radius 3 is 2.70 bits per heavy atom. The van der Waals surface area contributed by atoms with Crippen molar-refractivity contribution in [1.29, 1.82) is 0 Å². The molecule has 0 atom stereocenters. The summed E-state index contributed by atoms with van der Waals surface area (Å²) in [6.07, 6.45) is -1.02. The van der Waals surface area contributed by atoms with E-state index < -0.39 is 12.1 Å². The van der Waals surface area contributed by atoms with Gasteiger partial charge in [0.1, 0.15) is 5.82 Å². The summed E-state index contributed by atoms with van der Waals surface area (Å²) in [5, 5.41) is 2.96. The van der Waals surface area contributed by atoms with Gasteiger partial charge in [-0.3, -0.25) is 4.98 Å². The van der Waals surface area contributed by atoms with E-state index in [1.165, 1.54) is 24.4 Å². The lowest BCUT2D eigenvalue weighted by molar-refractivity contribution is -0.286. The van der Waals surface area contributed by atoms with E-state index in [1.807, 2.05) is 0 Å². The number of rotatable bonds is 3. The average Bonchev–Trinajstić information content (AvgIpc) is 2.69. The van der Waals surface area contributed by atoms with Crippen molar-refractivity contribution in [3.63, 3.8) is 0 Å². The van der Waals surface area contributed by atoms with Crippen LogP contribution in [-0.4, -0.2) is 11.3 Å². The Kier molecular flexibility index (Phi) is 2.89. The lowest BCUT2D eigenvalue weighted by Gasteiger charge is -2.07. The predicted molar refractivity (Wildman–Crippen MR) is 64.2 cm³/mol. The summed E-state index contributed by atoms with van der Waals surface area (Å²) >= 11 is 0. The predicted octanol–water partition coefficient (Wildman–Crippen LogP) is 3.15. The zero-order valence-electron chi connectivity index (χ0n) is 10.1. The molecular formula is C13H9F3N2O2. The minimum atomic E-state index is -3.63. The van der Waals surface area contributed by atoms with Crippen LogP contribution in [0.15, 0.2) is 36.7 Å². The number of hydrogen-bond donors (Lipinski definition) is 1. The molecule has 1 N–H and O–H groups in total. The number of pyridine rings is 1. The van der Waals surface area contributed by atoms with Gasteiger partial charge >= 0.3 is 6.29 Å². The van der Waals surface area contributed by atoms with Gasteiger partial charge in [0.05, 0.1) is 6.20 Å². The number of hydrogen-bond acceptors (Lipinski definition) is 4. The summed E-state index contributed by atoms with van der Waals surface area (Å²) < 4.78 is 47.3. The van der Waals surface area contributed by atoms with Crippen LogP contribution in [0.25, 0.3) is 0 Å². The highest BCUT2D eigenvalue weighted by molar-refractivity contribution is 5.56. The topological polar surface area (TPSA) is 43.4 Å². The highest BCUT2D eigenvalue weighted by atomic mass is 19.3. The molecule has 0 amide bonds. The van der Waals surface area contributed by atoms with Crippen LogP contribution in [0.3, 0.4) is 0 Å². The number of fused-ring (bicyclic) bond motifs is 1. The Balaban J connectivity index is 1.71. The van der Waals surface area contributed by atoms with E-state index in [-0.39, 0.29) is 11.5 Å². The molecule has 0 saturated carbocycles. The maximum Gasteiger partial charge on any atom is 0.586 e. The third kappa shape index (κ3) is 2.61. The van der Waals surface area contributed by atoms with Crippen LogP contribution in [0, 0.1) is 5.82 Å². The Bertz CT molecular complexity index is 649. The zero-order valence-corrected chi connectivity index (χ0v) is 10.1. The molecular weight excluding hydrogens is 273 g/mol. The highest BCUT2D eigenvalue weighted by Crippen LogP contribution is 2.42. The summed E-state index contributed by atoms with van der Waals surface area (Å²) in [7, 11) is 0. The van der Waals surface area contributed by atoms with Crippen molar-refractivity contribution in [1.82, 2.24) is 4.98 Å². The van der Waals surface area contributed by atoms with Crippen molar-refractivity contribution in [3.05, 3.63) is 48.0 Å². The van der Waals surface area contributed by atoms with Gasteiger partial charge in [0.2, 0.25) is 0 Å². The molecule has 104 valence electrons. The molecule has 3 rings (SSSR count). The first-order chi connectivity index (χ1) is 9.52. The second kappa shape index (κ2) is 4.59. The number of anilines is 1. The average molecular weight is 282 g/mol. The number of ether oxygens (including phenoxy) is 2. The van der Waals surface area contributed by atoms with Crippen molar-refractivity contribution < 1.29 is 22.6 Å². The van der Waals surface area contributed by atoms with E-state index >= 15 is 0 Å². The maximum atomic E-state index is 12.9. The van der Waals surface area contributed by atoms with Crippen LogP contribution < -0.4 is 14.8 Å². The highest BCUT2D eigenvalue weighted by Gasteiger charge is 2.43. The number of halogens is 3. The Morgan fingerprint density at radius 1 is 1.10 bits per heavy atom. The number of nitrogens with zero attached hydrogens (tertiary/aromatic N) is 1. The quantitative estimate of drug-likeness (QED) is 0.939. The molecule has 0 unspecified atom stereocenters. The molecule has 20 heavy (non-hydrogen) atoms. The molecule has 1 aliphatic heterocycles. The number of benzene rings is 1. The van der Waals surface area contributed by atoms with Gasteiger partial charge in [-0.15, -0.1) is 8.78 Å². The molecule has 1 aliphatic rings.